The number of carbonyl (C=O) groups is 3. The van der Waals surface area contributed by atoms with E-state index in [1.165, 1.54) is 96.3 Å². The summed E-state index contributed by atoms with van der Waals surface area (Å²) in [6.45, 7) is 9.49. The number of Topliss-reactive ketones (excluding diaryl/α,β-unsaturated/α-hetero) is 1. The Morgan fingerprint density at radius 2 is 0.953 bits per heavy atom. The Kier molecular flexibility index (Phi) is 41.1. The SMILES string of the molecule is CCCCCCCCCOC(=O)CCCCCCCOc1ccc(OCCCCCCCC(=O)OC(CCCCCCCC)CCCCCCCC)c(CCC(=O)CCCN(C)C)c1. The molecule has 0 aromatic heterocycles. The average Bonchev–Trinajstić information content (AvgIpc) is 3.28. The summed E-state index contributed by atoms with van der Waals surface area (Å²) in [6.07, 6.45) is 39.5. The molecule has 0 amide bonds. The van der Waals surface area contributed by atoms with E-state index in [0.717, 1.165) is 133 Å². The Morgan fingerprint density at radius 1 is 0.484 bits per heavy atom. The Bertz CT molecular complexity index is 1220. The second kappa shape index (κ2) is 44.2. The Morgan fingerprint density at radius 3 is 1.50 bits per heavy atom. The van der Waals surface area contributed by atoms with E-state index in [1.807, 2.05) is 26.2 Å². The van der Waals surface area contributed by atoms with Crippen LogP contribution >= 0.6 is 0 Å². The molecule has 0 saturated heterocycles. The second-order valence-corrected chi connectivity index (χ2v) is 19.0. The number of ketones is 1. The van der Waals surface area contributed by atoms with E-state index in [9.17, 15) is 14.4 Å². The van der Waals surface area contributed by atoms with Crippen molar-refractivity contribution < 1.29 is 33.3 Å². The van der Waals surface area contributed by atoms with Gasteiger partial charge in [0.05, 0.1) is 19.8 Å². The molecule has 1 aromatic carbocycles. The van der Waals surface area contributed by atoms with E-state index in [1.54, 1.807) is 0 Å². The summed E-state index contributed by atoms with van der Waals surface area (Å²) in [5.41, 5.74) is 1.03. The van der Waals surface area contributed by atoms with E-state index < -0.39 is 0 Å². The summed E-state index contributed by atoms with van der Waals surface area (Å²) < 4.78 is 24.0. The first-order valence-electron chi connectivity index (χ1n) is 27.2. The standard InChI is InChI=1S/C56H101NO7/c1-6-9-12-15-18-25-34-48-63-55(59)39-30-23-19-26-32-46-61-53-43-44-54(50(49-53)41-42-51(58)36-35-45-57(4)5)62-47-33-27-20-24-31-40-56(60)64-52(37-28-21-16-13-10-7-2)38-29-22-17-14-11-8-3/h43-44,49,52H,6-42,45-48H2,1-5H3. The molecule has 0 spiro atoms. The minimum atomic E-state index is -0.0564. The van der Waals surface area contributed by atoms with Crippen molar-refractivity contribution in [2.75, 3.05) is 40.5 Å². The molecule has 0 fully saturated rings. The van der Waals surface area contributed by atoms with E-state index in [-0.39, 0.29) is 23.8 Å². The molecule has 372 valence electrons. The highest BCUT2D eigenvalue weighted by molar-refractivity contribution is 5.78. The van der Waals surface area contributed by atoms with Gasteiger partial charge in [0.15, 0.2) is 0 Å². The Balaban J connectivity index is 2.43. The predicted molar refractivity (Wildman–Crippen MR) is 269 cm³/mol. The number of carbonyl (C=O) groups excluding carboxylic acids is 3. The molecular weight excluding hydrogens is 799 g/mol. The average molecular weight is 900 g/mol. The van der Waals surface area contributed by atoms with Gasteiger partial charge in [0.1, 0.15) is 23.4 Å². The molecule has 8 heteroatoms. The van der Waals surface area contributed by atoms with Gasteiger partial charge in [-0.25, -0.2) is 0 Å². The molecule has 0 atom stereocenters. The summed E-state index contributed by atoms with van der Waals surface area (Å²) in [4.78, 5) is 39.8. The number of aryl methyl sites for hydroxylation is 1. The molecule has 1 aromatic rings. The van der Waals surface area contributed by atoms with Gasteiger partial charge in [-0.15, -0.1) is 0 Å². The van der Waals surface area contributed by atoms with E-state index in [0.29, 0.717) is 51.9 Å². The van der Waals surface area contributed by atoms with Crippen molar-refractivity contribution in [2.45, 2.75) is 264 Å². The fraction of sp³-hybridized carbons (Fsp3) is 0.839. The maximum Gasteiger partial charge on any atom is 0.306 e. The molecule has 0 aliphatic rings. The third-order valence-corrected chi connectivity index (χ3v) is 12.4. The van der Waals surface area contributed by atoms with Gasteiger partial charge in [-0.1, -0.05) is 162 Å². The van der Waals surface area contributed by atoms with Crippen molar-refractivity contribution in [3.63, 3.8) is 0 Å². The van der Waals surface area contributed by atoms with Crippen LogP contribution in [-0.4, -0.2) is 69.2 Å². The lowest BCUT2D eigenvalue weighted by atomic mass is 10.0. The van der Waals surface area contributed by atoms with Gasteiger partial charge in [-0.05, 0) is 115 Å². The zero-order valence-corrected chi connectivity index (χ0v) is 42.6. The van der Waals surface area contributed by atoms with Crippen LogP contribution in [0, 0.1) is 0 Å². The predicted octanol–water partition coefficient (Wildman–Crippen LogP) is 15.7. The summed E-state index contributed by atoms with van der Waals surface area (Å²) in [6, 6.07) is 6.05. The lowest BCUT2D eigenvalue weighted by molar-refractivity contribution is -0.150. The number of benzene rings is 1. The van der Waals surface area contributed by atoms with Gasteiger partial charge in [0.25, 0.3) is 0 Å². The van der Waals surface area contributed by atoms with Crippen LogP contribution in [0.5, 0.6) is 11.5 Å². The van der Waals surface area contributed by atoms with E-state index >= 15 is 0 Å². The monoisotopic (exact) mass is 900 g/mol. The van der Waals surface area contributed by atoms with Gasteiger partial charge in [0.2, 0.25) is 0 Å². The Labute approximate surface area is 394 Å². The fourth-order valence-electron chi connectivity index (χ4n) is 8.28. The van der Waals surface area contributed by atoms with Crippen molar-refractivity contribution >= 4 is 17.7 Å². The number of hydrogen-bond acceptors (Lipinski definition) is 8. The van der Waals surface area contributed by atoms with Crippen LogP contribution in [0.1, 0.15) is 257 Å². The largest absolute Gasteiger partial charge is 0.494 e. The number of rotatable bonds is 48. The Hall–Kier alpha value is -2.61. The molecule has 64 heavy (non-hydrogen) atoms. The minimum Gasteiger partial charge on any atom is -0.494 e. The molecule has 0 aliphatic carbocycles. The van der Waals surface area contributed by atoms with Crippen LogP contribution in [-0.2, 0) is 30.3 Å². The third-order valence-electron chi connectivity index (χ3n) is 12.4. The molecule has 0 saturated carbocycles. The molecular formula is C56H101NO7. The number of esters is 2. The summed E-state index contributed by atoms with van der Waals surface area (Å²) in [7, 11) is 4.08. The van der Waals surface area contributed by atoms with Crippen LogP contribution < -0.4 is 9.47 Å². The maximum absolute atomic E-state index is 12.8. The number of unbranched alkanes of at least 4 members (excludes halogenated alkanes) is 24. The lowest BCUT2D eigenvalue weighted by Crippen LogP contribution is -2.18. The van der Waals surface area contributed by atoms with Crippen LogP contribution in [0.25, 0.3) is 0 Å². The molecule has 8 nitrogen and oxygen atoms in total. The highest BCUT2D eigenvalue weighted by Crippen LogP contribution is 2.27. The first-order valence-corrected chi connectivity index (χ1v) is 27.2. The maximum atomic E-state index is 12.8. The van der Waals surface area contributed by atoms with Crippen molar-refractivity contribution in [1.82, 2.24) is 4.90 Å². The topological polar surface area (TPSA) is 91.4 Å². The van der Waals surface area contributed by atoms with Gasteiger partial charge >= 0.3 is 11.9 Å². The number of ether oxygens (including phenoxy) is 4. The molecule has 0 heterocycles. The van der Waals surface area contributed by atoms with Crippen LogP contribution in [0.4, 0.5) is 0 Å². The zero-order chi connectivity index (χ0) is 46.6. The lowest BCUT2D eigenvalue weighted by Gasteiger charge is -2.18. The van der Waals surface area contributed by atoms with Gasteiger partial charge in [0, 0.05) is 25.7 Å². The highest BCUT2D eigenvalue weighted by Gasteiger charge is 2.15. The molecule has 1 rings (SSSR count). The molecule has 0 unspecified atom stereocenters. The minimum absolute atomic E-state index is 0.0129. The van der Waals surface area contributed by atoms with Crippen molar-refractivity contribution in [3.05, 3.63) is 23.8 Å². The quantitative estimate of drug-likeness (QED) is 0.0472. The van der Waals surface area contributed by atoms with Crippen LogP contribution in [0.2, 0.25) is 0 Å². The molecule has 0 N–H and O–H groups in total. The van der Waals surface area contributed by atoms with Crippen molar-refractivity contribution in [2.24, 2.45) is 0 Å². The normalized spacial score (nSPS) is 11.4. The number of nitrogens with zero attached hydrogens (tertiary/aromatic N) is 1. The third kappa shape index (κ3) is 37.6. The second-order valence-electron chi connectivity index (χ2n) is 19.0. The first kappa shape index (κ1) is 59.4. The molecule has 0 aliphatic heterocycles. The van der Waals surface area contributed by atoms with E-state index in [2.05, 4.69) is 31.7 Å². The van der Waals surface area contributed by atoms with Gasteiger partial charge in [-0.2, -0.15) is 0 Å². The smallest absolute Gasteiger partial charge is 0.306 e. The van der Waals surface area contributed by atoms with E-state index in [4.69, 9.17) is 18.9 Å². The summed E-state index contributed by atoms with van der Waals surface area (Å²) in [5, 5.41) is 0. The number of hydrogen-bond donors (Lipinski definition) is 0. The fourth-order valence-corrected chi connectivity index (χ4v) is 8.28. The summed E-state index contributed by atoms with van der Waals surface area (Å²) >= 11 is 0. The molecule has 0 bridgehead atoms. The van der Waals surface area contributed by atoms with Gasteiger partial charge in [-0.3, -0.25) is 14.4 Å². The summed E-state index contributed by atoms with van der Waals surface area (Å²) in [5.74, 6) is 1.88. The zero-order valence-electron chi connectivity index (χ0n) is 42.6. The van der Waals surface area contributed by atoms with Crippen molar-refractivity contribution in [3.8, 4) is 11.5 Å². The van der Waals surface area contributed by atoms with Crippen LogP contribution in [0.3, 0.4) is 0 Å². The van der Waals surface area contributed by atoms with Crippen molar-refractivity contribution in [1.29, 1.82) is 0 Å². The first-order chi connectivity index (χ1) is 31.3. The molecule has 0 radical (unpaired) electrons. The van der Waals surface area contributed by atoms with Gasteiger partial charge < -0.3 is 23.8 Å². The highest BCUT2D eigenvalue weighted by atomic mass is 16.5. The van der Waals surface area contributed by atoms with Crippen LogP contribution in [0.15, 0.2) is 18.2 Å².